The molecule has 3 saturated carbocycles. The van der Waals surface area contributed by atoms with Crippen LogP contribution in [0.15, 0.2) is 66.2 Å². The number of nitrogens with zero attached hydrogens (tertiary/aromatic N) is 1. The van der Waals surface area contributed by atoms with E-state index in [2.05, 4.69) is 13.8 Å². The van der Waals surface area contributed by atoms with Gasteiger partial charge in [0.05, 0.1) is 0 Å². The van der Waals surface area contributed by atoms with Crippen LogP contribution in [0.5, 0.6) is 0 Å². The number of hydrogen-bond acceptors (Lipinski definition) is 6. The molecule has 4 aliphatic carbocycles. The summed E-state index contributed by atoms with van der Waals surface area (Å²) in [6, 6.07) is 15.8. The molecule has 274 valence electrons. The maximum atomic E-state index is 14.2. The zero-order valence-corrected chi connectivity index (χ0v) is 31.5. The lowest BCUT2D eigenvalue weighted by Crippen LogP contribution is -2.53. The van der Waals surface area contributed by atoms with Gasteiger partial charge in [-0.2, -0.15) is 0 Å². The number of ketones is 3. The molecule has 51 heavy (non-hydrogen) atoms. The Labute approximate surface area is 315 Å². The quantitative estimate of drug-likeness (QED) is 0.158. The Morgan fingerprint density at radius 3 is 2.22 bits per heavy atom. The number of carbonyl (C=O) groups excluding carboxylic acids is 3. The number of carbonyl (C=O) groups is 4. The highest BCUT2D eigenvalue weighted by molar-refractivity contribution is 6.35. The first-order valence-corrected chi connectivity index (χ1v) is 19.8. The largest absolute Gasteiger partial charge is 0.481 e. The molecule has 10 heteroatoms. The summed E-state index contributed by atoms with van der Waals surface area (Å²) in [5, 5.41) is 20.9. The van der Waals surface area contributed by atoms with Gasteiger partial charge in [0.2, 0.25) is 0 Å². The first-order valence-electron chi connectivity index (χ1n) is 18.2. The van der Waals surface area contributed by atoms with Crippen molar-refractivity contribution >= 4 is 63.8 Å². The molecule has 6 rings (SSSR count). The van der Waals surface area contributed by atoms with E-state index in [1.54, 1.807) is 54.6 Å². The summed E-state index contributed by atoms with van der Waals surface area (Å²) in [6.07, 6.45) is 5.35. The fourth-order valence-corrected chi connectivity index (χ4v) is 11.4. The number of halogens is 3. The first-order chi connectivity index (χ1) is 24.3. The summed E-state index contributed by atoms with van der Waals surface area (Å²) < 4.78 is 0. The molecule has 2 N–H and O–H groups in total. The molecule has 2 aromatic carbocycles. The summed E-state index contributed by atoms with van der Waals surface area (Å²) in [6.45, 7) is 5.56. The molecule has 2 aromatic rings. The van der Waals surface area contributed by atoms with Gasteiger partial charge in [-0.05, 0) is 97.3 Å². The zero-order chi connectivity index (χ0) is 36.7. The molecule has 0 aromatic heterocycles. The second-order valence-electron chi connectivity index (χ2n) is 15.6. The number of alkyl halides is 3. The number of carboxylic acids is 1. The number of rotatable bonds is 13. The van der Waals surface area contributed by atoms with E-state index in [9.17, 15) is 29.4 Å². The van der Waals surface area contributed by atoms with E-state index < -0.39 is 41.0 Å². The van der Waals surface area contributed by atoms with Crippen molar-refractivity contribution in [3.05, 3.63) is 77.4 Å². The average molecular weight is 757 g/mol. The van der Waals surface area contributed by atoms with Crippen molar-refractivity contribution in [1.29, 1.82) is 0 Å². The predicted octanol–water partition coefficient (Wildman–Crippen LogP) is 7.93. The monoisotopic (exact) mass is 755 g/mol. The fourth-order valence-electron chi connectivity index (χ4n) is 10.6. The summed E-state index contributed by atoms with van der Waals surface area (Å²) in [4.78, 5) is 55.6. The van der Waals surface area contributed by atoms with E-state index in [4.69, 9.17) is 34.8 Å². The Kier molecular flexibility index (Phi) is 11.4. The molecule has 0 spiro atoms. The van der Waals surface area contributed by atoms with E-state index >= 15 is 0 Å². The van der Waals surface area contributed by atoms with Gasteiger partial charge in [0.15, 0.2) is 17.3 Å². The van der Waals surface area contributed by atoms with Crippen LogP contribution in [-0.4, -0.2) is 69.9 Å². The van der Waals surface area contributed by atoms with Gasteiger partial charge < -0.3 is 15.1 Å². The third kappa shape index (κ3) is 6.93. The fraction of sp³-hybridized carbons (Fsp3) is 0.561. The molecule has 0 radical (unpaired) electrons. The van der Waals surface area contributed by atoms with Crippen LogP contribution in [0, 0.1) is 40.4 Å². The van der Waals surface area contributed by atoms with Gasteiger partial charge in [-0.3, -0.25) is 19.2 Å². The van der Waals surface area contributed by atoms with Gasteiger partial charge in [-0.1, -0.05) is 61.9 Å². The van der Waals surface area contributed by atoms with Crippen LogP contribution in [0.4, 0.5) is 5.69 Å². The van der Waals surface area contributed by atoms with Gasteiger partial charge in [-0.25, -0.2) is 0 Å². The molecule has 0 saturated heterocycles. The second kappa shape index (κ2) is 15.3. The number of carboxylic acid groups (broad SMARTS) is 1. The normalized spacial score (nSPS) is 31.7. The molecule has 0 heterocycles. The van der Waals surface area contributed by atoms with Crippen LogP contribution < -0.4 is 4.90 Å². The van der Waals surface area contributed by atoms with Crippen molar-refractivity contribution in [1.82, 2.24) is 0 Å². The Bertz CT molecular complexity index is 1660. The van der Waals surface area contributed by atoms with Crippen molar-refractivity contribution in [3.8, 4) is 0 Å². The first kappa shape index (κ1) is 38.0. The number of Topliss-reactive ketones (excluding diaryl/α,β-unsaturated/α-hetero) is 2. The molecule has 4 aliphatic rings. The summed E-state index contributed by atoms with van der Waals surface area (Å²) in [5.41, 5.74) is 2.19. The van der Waals surface area contributed by atoms with Gasteiger partial charge >= 0.3 is 5.97 Å². The van der Waals surface area contributed by atoms with Gasteiger partial charge in [0.1, 0.15) is 17.4 Å². The van der Waals surface area contributed by atoms with Crippen LogP contribution >= 0.6 is 34.8 Å². The molecular formula is C41H48Cl3NO6. The third-order valence-electron chi connectivity index (χ3n) is 13.3. The molecule has 4 unspecified atom stereocenters. The van der Waals surface area contributed by atoms with Crippen LogP contribution in [0.2, 0.25) is 0 Å². The van der Waals surface area contributed by atoms with Crippen molar-refractivity contribution in [2.24, 2.45) is 40.4 Å². The molecule has 10 atom stereocenters. The zero-order valence-electron chi connectivity index (χ0n) is 29.3. The maximum Gasteiger partial charge on any atom is 0.314 e. The summed E-state index contributed by atoms with van der Waals surface area (Å²) in [7, 11) is 0. The number of aliphatic carboxylic acids is 1. The number of allylic oxidation sites excluding steroid dienone is 1. The minimum Gasteiger partial charge on any atom is -0.481 e. The van der Waals surface area contributed by atoms with Crippen molar-refractivity contribution in [3.63, 3.8) is 0 Å². The lowest BCUT2D eigenvalue weighted by molar-refractivity contribution is -0.150. The Hall–Kier alpha value is -2.71. The Morgan fingerprint density at radius 2 is 1.59 bits per heavy atom. The molecular weight excluding hydrogens is 709 g/mol. The standard InChI is InChI=1S/C41H48Cl3NO6/c1-40-17-16-31-28(13-10-26-22-33(46)29(23-41(26,31)2)35(44)36(47)25-6-4-3-5-7-25)30(40)14-15-32(40)37(48)38(49)34(39(50)51)24-8-11-27(12-9-24)45(20-18-42)21-19-43/h3-9,11-12,22,28-32,34-35,38,49H,10,13-21,23H2,1-2H3,(H,50,51)/t28-,29?,30-,31-,32+,34?,35?,38?,40-,41-/m0/s1. The van der Waals surface area contributed by atoms with Crippen molar-refractivity contribution < 1.29 is 29.4 Å². The van der Waals surface area contributed by atoms with E-state index in [0.717, 1.165) is 43.4 Å². The molecule has 0 aliphatic heterocycles. The Morgan fingerprint density at radius 1 is 0.922 bits per heavy atom. The topological polar surface area (TPSA) is 112 Å². The number of hydrogen-bond donors (Lipinski definition) is 2. The minimum absolute atomic E-state index is 0.0724. The number of aliphatic hydroxyl groups is 1. The van der Waals surface area contributed by atoms with E-state index in [1.165, 1.54) is 0 Å². The van der Waals surface area contributed by atoms with Crippen LogP contribution in [-0.2, 0) is 14.4 Å². The highest BCUT2D eigenvalue weighted by Gasteiger charge is 2.62. The van der Waals surface area contributed by atoms with E-state index in [-0.39, 0.29) is 34.2 Å². The molecule has 3 fully saturated rings. The number of aliphatic hydroxyl groups excluding tert-OH is 1. The van der Waals surface area contributed by atoms with Crippen LogP contribution in [0.3, 0.4) is 0 Å². The van der Waals surface area contributed by atoms with Gasteiger partial charge in [0.25, 0.3) is 0 Å². The summed E-state index contributed by atoms with van der Waals surface area (Å²) in [5.74, 6) is -2.78. The maximum absolute atomic E-state index is 14.2. The highest BCUT2D eigenvalue weighted by Crippen LogP contribution is 2.67. The predicted molar refractivity (Wildman–Crippen MR) is 201 cm³/mol. The van der Waals surface area contributed by atoms with Crippen LogP contribution in [0.1, 0.15) is 80.6 Å². The number of fused-ring (bicyclic) bond motifs is 5. The van der Waals surface area contributed by atoms with E-state index in [0.29, 0.717) is 54.7 Å². The number of anilines is 1. The molecule has 0 amide bonds. The lowest BCUT2D eigenvalue weighted by atomic mass is 9.46. The Balaban J connectivity index is 1.19. The highest BCUT2D eigenvalue weighted by atomic mass is 35.5. The molecule has 7 nitrogen and oxygen atoms in total. The third-order valence-corrected chi connectivity index (χ3v) is 14.1. The van der Waals surface area contributed by atoms with Crippen molar-refractivity contribution in [2.45, 2.75) is 76.2 Å². The van der Waals surface area contributed by atoms with Gasteiger partial charge in [0, 0.05) is 47.9 Å². The SMILES string of the molecule is C[C@]12CC[C@H]3[C@@H](CCC4=CC(=O)C(C(Cl)C(=O)c5ccccc5)C[C@@]43C)[C@@H]1CC[C@@H]2C(=O)C(O)C(C(=O)O)c1ccc(N(CCCl)CCCl)cc1. The summed E-state index contributed by atoms with van der Waals surface area (Å²) >= 11 is 18.8. The van der Waals surface area contributed by atoms with Gasteiger partial charge in [-0.15, -0.1) is 34.8 Å². The van der Waals surface area contributed by atoms with Crippen LogP contribution in [0.25, 0.3) is 0 Å². The number of benzene rings is 2. The smallest absolute Gasteiger partial charge is 0.314 e. The molecule has 0 bridgehead atoms. The van der Waals surface area contributed by atoms with E-state index in [1.807, 2.05) is 11.0 Å². The average Bonchev–Trinajstić information content (AvgIpc) is 3.48. The lowest BCUT2D eigenvalue weighted by Gasteiger charge is -2.58. The second-order valence-corrected chi connectivity index (χ2v) is 16.9. The van der Waals surface area contributed by atoms with Crippen molar-refractivity contribution in [2.75, 3.05) is 29.7 Å². The minimum atomic E-state index is -1.68.